The van der Waals surface area contributed by atoms with Crippen LogP contribution in [-0.4, -0.2) is 14.2 Å². The predicted octanol–water partition coefficient (Wildman–Crippen LogP) is 2.49. The van der Waals surface area contributed by atoms with Gasteiger partial charge in [0.1, 0.15) is 11.5 Å². The maximum absolute atomic E-state index is 5.81. The van der Waals surface area contributed by atoms with E-state index in [1.165, 1.54) is 0 Å². The van der Waals surface area contributed by atoms with Crippen LogP contribution < -0.4 is 15.2 Å². The highest BCUT2D eigenvalue weighted by Gasteiger charge is 2.11. The number of halogens is 1. The van der Waals surface area contributed by atoms with E-state index < -0.39 is 0 Å². The summed E-state index contributed by atoms with van der Waals surface area (Å²) in [5, 5.41) is 0. The van der Waals surface area contributed by atoms with Crippen molar-refractivity contribution < 1.29 is 9.47 Å². The number of benzene rings is 1. The van der Waals surface area contributed by atoms with Crippen molar-refractivity contribution in [3.63, 3.8) is 0 Å². The van der Waals surface area contributed by atoms with Crippen LogP contribution in [0.15, 0.2) is 16.6 Å². The molecule has 1 atom stereocenters. The lowest BCUT2D eigenvalue weighted by Crippen LogP contribution is -2.07. The molecule has 0 heterocycles. The molecule has 78 valence electrons. The Kier molecular flexibility index (Phi) is 3.77. The second kappa shape index (κ2) is 4.66. The van der Waals surface area contributed by atoms with Crippen LogP contribution in [0.5, 0.6) is 11.5 Å². The number of hydrogen-bond donors (Lipinski definition) is 1. The lowest BCUT2D eigenvalue weighted by Gasteiger charge is -2.14. The zero-order valence-electron chi connectivity index (χ0n) is 8.50. The van der Waals surface area contributed by atoms with E-state index in [4.69, 9.17) is 15.2 Å². The molecule has 0 saturated heterocycles. The van der Waals surface area contributed by atoms with E-state index in [0.717, 1.165) is 21.5 Å². The third-order valence-corrected chi connectivity index (χ3v) is 2.61. The summed E-state index contributed by atoms with van der Waals surface area (Å²) in [6, 6.07) is 3.68. The van der Waals surface area contributed by atoms with E-state index in [1.54, 1.807) is 14.2 Å². The van der Waals surface area contributed by atoms with Crippen molar-refractivity contribution in [3.05, 3.63) is 22.2 Å². The molecule has 0 amide bonds. The Morgan fingerprint density at radius 1 is 1.21 bits per heavy atom. The van der Waals surface area contributed by atoms with Gasteiger partial charge in [0.15, 0.2) is 0 Å². The summed E-state index contributed by atoms with van der Waals surface area (Å²) < 4.78 is 11.3. The molecule has 2 N–H and O–H groups in total. The molecule has 0 fully saturated rings. The monoisotopic (exact) mass is 259 g/mol. The molecule has 0 spiro atoms. The average molecular weight is 260 g/mol. The molecule has 0 aliphatic rings. The highest BCUT2D eigenvalue weighted by atomic mass is 79.9. The van der Waals surface area contributed by atoms with Crippen molar-refractivity contribution in [2.75, 3.05) is 14.2 Å². The van der Waals surface area contributed by atoms with Crippen LogP contribution in [-0.2, 0) is 0 Å². The zero-order valence-corrected chi connectivity index (χ0v) is 10.1. The van der Waals surface area contributed by atoms with Gasteiger partial charge in [0, 0.05) is 17.7 Å². The molecule has 0 aliphatic heterocycles. The minimum atomic E-state index is -0.0628. The Bertz CT molecular complexity index is 326. The van der Waals surface area contributed by atoms with Gasteiger partial charge in [-0.15, -0.1) is 0 Å². The van der Waals surface area contributed by atoms with Gasteiger partial charge in [-0.3, -0.25) is 0 Å². The second-order valence-electron chi connectivity index (χ2n) is 3.02. The smallest absolute Gasteiger partial charge is 0.136 e. The van der Waals surface area contributed by atoms with Gasteiger partial charge in [-0.05, 0) is 28.9 Å². The van der Waals surface area contributed by atoms with Crippen LogP contribution in [0, 0.1) is 0 Å². The highest BCUT2D eigenvalue weighted by Crippen LogP contribution is 2.34. The summed E-state index contributed by atoms with van der Waals surface area (Å²) in [7, 11) is 3.24. The summed E-state index contributed by atoms with van der Waals surface area (Å²) in [5.74, 6) is 1.49. The Balaban J connectivity index is 3.24. The zero-order chi connectivity index (χ0) is 10.7. The number of nitrogens with two attached hydrogens (primary N) is 1. The molecule has 4 heteroatoms. The summed E-state index contributed by atoms with van der Waals surface area (Å²) >= 11 is 3.40. The number of methoxy groups -OCH3 is 2. The maximum atomic E-state index is 5.81. The Hall–Kier alpha value is -0.740. The first-order valence-electron chi connectivity index (χ1n) is 4.27. The van der Waals surface area contributed by atoms with Crippen LogP contribution >= 0.6 is 15.9 Å². The first-order valence-corrected chi connectivity index (χ1v) is 5.06. The Morgan fingerprint density at radius 2 is 1.79 bits per heavy atom. The highest BCUT2D eigenvalue weighted by molar-refractivity contribution is 9.10. The van der Waals surface area contributed by atoms with Crippen molar-refractivity contribution in [1.82, 2.24) is 0 Å². The third-order valence-electron chi connectivity index (χ3n) is 1.99. The molecule has 0 aromatic heterocycles. The van der Waals surface area contributed by atoms with Crippen molar-refractivity contribution in [3.8, 4) is 11.5 Å². The van der Waals surface area contributed by atoms with E-state index >= 15 is 0 Å². The average Bonchev–Trinajstić information content (AvgIpc) is 2.17. The minimum Gasteiger partial charge on any atom is -0.496 e. The number of hydrogen-bond acceptors (Lipinski definition) is 3. The van der Waals surface area contributed by atoms with E-state index in [-0.39, 0.29) is 6.04 Å². The molecule has 0 bridgehead atoms. The summed E-state index contributed by atoms with van der Waals surface area (Å²) in [6.07, 6.45) is 0. The fourth-order valence-corrected chi connectivity index (χ4v) is 1.76. The van der Waals surface area contributed by atoms with Crippen molar-refractivity contribution >= 4 is 15.9 Å². The Morgan fingerprint density at radius 3 is 2.21 bits per heavy atom. The molecule has 3 nitrogen and oxygen atoms in total. The van der Waals surface area contributed by atoms with E-state index in [9.17, 15) is 0 Å². The van der Waals surface area contributed by atoms with Gasteiger partial charge in [0.2, 0.25) is 0 Å². The van der Waals surface area contributed by atoms with Crippen LogP contribution in [0.25, 0.3) is 0 Å². The fourth-order valence-electron chi connectivity index (χ4n) is 1.24. The molecule has 0 saturated carbocycles. The second-order valence-corrected chi connectivity index (χ2v) is 3.87. The molecule has 0 radical (unpaired) electrons. The molecular formula is C10H14BrNO2. The number of rotatable bonds is 3. The first kappa shape index (κ1) is 11.3. The molecule has 1 aromatic carbocycles. The molecule has 0 aliphatic carbocycles. The van der Waals surface area contributed by atoms with E-state index in [2.05, 4.69) is 15.9 Å². The molecular weight excluding hydrogens is 246 g/mol. The SMILES string of the molecule is COc1cc(OC)c([C@@H](C)N)cc1Br. The standard InChI is InChI=1S/C10H14BrNO2/c1-6(12)7-4-8(11)10(14-3)5-9(7)13-2/h4-6H,12H2,1-3H3/t6-/m1/s1. The van der Waals surface area contributed by atoms with Gasteiger partial charge < -0.3 is 15.2 Å². The molecule has 1 rings (SSSR count). The van der Waals surface area contributed by atoms with Crippen LogP contribution in [0.4, 0.5) is 0 Å². The largest absolute Gasteiger partial charge is 0.496 e. The van der Waals surface area contributed by atoms with Crippen LogP contribution in [0.3, 0.4) is 0 Å². The maximum Gasteiger partial charge on any atom is 0.136 e. The van der Waals surface area contributed by atoms with Crippen molar-refractivity contribution in [2.45, 2.75) is 13.0 Å². The minimum absolute atomic E-state index is 0.0628. The van der Waals surface area contributed by atoms with Crippen molar-refractivity contribution in [2.24, 2.45) is 5.73 Å². The third kappa shape index (κ3) is 2.19. The summed E-state index contributed by atoms with van der Waals surface area (Å²) in [5.41, 5.74) is 6.77. The normalized spacial score (nSPS) is 12.4. The van der Waals surface area contributed by atoms with E-state index in [0.29, 0.717) is 0 Å². The first-order chi connectivity index (χ1) is 6.60. The molecule has 14 heavy (non-hydrogen) atoms. The van der Waals surface area contributed by atoms with Crippen LogP contribution in [0.1, 0.15) is 18.5 Å². The lowest BCUT2D eigenvalue weighted by molar-refractivity contribution is 0.387. The van der Waals surface area contributed by atoms with Crippen molar-refractivity contribution in [1.29, 1.82) is 0 Å². The van der Waals surface area contributed by atoms with Gasteiger partial charge in [-0.1, -0.05) is 0 Å². The fraction of sp³-hybridized carbons (Fsp3) is 0.400. The van der Waals surface area contributed by atoms with Gasteiger partial charge >= 0.3 is 0 Å². The molecule has 0 unspecified atom stereocenters. The van der Waals surface area contributed by atoms with Crippen LogP contribution in [0.2, 0.25) is 0 Å². The van der Waals surface area contributed by atoms with Gasteiger partial charge in [-0.2, -0.15) is 0 Å². The van der Waals surface area contributed by atoms with E-state index in [1.807, 2.05) is 19.1 Å². The van der Waals surface area contributed by atoms with Gasteiger partial charge in [0.25, 0.3) is 0 Å². The van der Waals surface area contributed by atoms with Gasteiger partial charge in [0.05, 0.1) is 18.7 Å². The molecule has 1 aromatic rings. The quantitative estimate of drug-likeness (QED) is 0.908. The number of ether oxygens (including phenoxy) is 2. The lowest BCUT2D eigenvalue weighted by atomic mass is 10.1. The summed E-state index contributed by atoms with van der Waals surface area (Å²) in [6.45, 7) is 1.91. The summed E-state index contributed by atoms with van der Waals surface area (Å²) in [4.78, 5) is 0. The van der Waals surface area contributed by atoms with Gasteiger partial charge in [-0.25, -0.2) is 0 Å². The topological polar surface area (TPSA) is 44.5 Å². The predicted molar refractivity (Wildman–Crippen MR) is 59.8 cm³/mol. The Labute approximate surface area is 92.3 Å².